The molecule has 17 nitrogen and oxygen atoms in total. The Kier molecular flexibility index (Phi) is 13.3. The molecule has 404 valence electrons. The van der Waals surface area contributed by atoms with Crippen molar-refractivity contribution in [1.29, 1.82) is 0 Å². The Balaban J connectivity index is 0.824. The van der Waals surface area contributed by atoms with Crippen molar-refractivity contribution in [2.45, 2.75) is 90.4 Å². The summed E-state index contributed by atoms with van der Waals surface area (Å²) in [5.74, 6) is -0.100. The van der Waals surface area contributed by atoms with Gasteiger partial charge in [-0.15, -0.1) is 0 Å². The van der Waals surface area contributed by atoms with Crippen LogP contribution in [0, 0.1) is 23.3 Å². The van der Waals surface area contributed by atoms with Gasteiger partial charge in [0.2, 0.25) is 11.9 Å². The third-order valence-corrected chi connectivity index (χ3v) is 16.4. The van der Waals surface area contributed by atoms with Gasteiger partial charge in [0.1, 0.15) is 45.7 Å². The molecule has 4 aliphatic heterocycles. The van der Waals surface area contributed by atoms with Gasteiger partial charge in [-0.05, 0) is 101 Å². The molecular weight excluding hydrogens is 1000 g/mol. The highest BCUT2D eigenvalue weighted by atomic mass is 19.1. The van der Waals surface area contributed by atoms with Gasteiger partial charge in [0.25, 0.3) is 0 Å². The number of aryl methyl sites for hydroxylation is 2. The van der Waals surface area contributed by atoms with Crippen LogP contribution in [-0.4, -0.2) is 140 Å². The van der Waals surface area contributed by atoms with E-state index in [-0.39, 0.29) is 62.3 Å². The number of nitrogens with zero attached hydrogens (tertiary/aromatic N) is 14. The molecule has 8 aromatic rings. The lowest BCUT2D eigenvalue weighted by Crippen LogP contribution is -2.53. The Morgan fingerprint density at radius 1 is 0.538 bits per heavy atom. The summed E-state index contributed by atoms with van der Waals surface area (Å²) in [6.45, 7) is 20.2. The molecular formula is C57H62F4N16O. The van der Waals surface area contributed by atoms with Crippen molar-refractivity contribution < 1.29 is 22.4 Å². The minimum Gasteiger partial charge on any atom is -0.322 e. The molecule has 2 N–H and O–H groups in total. The summed E-state index contributed by atoms with van der Waals surface area (Å²) in [4.78, 5) is 61.0. The molecule has 0 bridgehead atoms. The number of ketones is 1. The number of Topliss-reactive ketones (excluding diaryl/α,β-unsaturated/α-hetero) is 1. The van der Waals surface area contributed by atoms with Gasteiger partial charge in [-0.25, -0.2) is 57.4 Å². The molecule has 0 aliphatic carbocycles. The van der Waals surface area contributed by atoms with Gasteiger partial charge in [0.05, 0.1) is 35.5 Å². The Morgan fingerprint density at radius 2 is 0.949 bits per heavy atom. The fourth-order valence-electron chi connectivity index (χ4n) is 12.1. The maximum Gasteiger partial charge on any atom is 0.229 e. The van der Waals surface area contributed by atoms with Gasteiger partial charge in [-0.2, -0.15) is 0 Å². The van der Waals surface area contributed by atoms with Crippen LogP contribution in [0.5, 0.6) is 0 Å². The lowest BCUT2D eigenvalue weighted by molar-refractivity contribution is -0.132. The van der Waals surface area contributed by atoms with Crippen LogP contribution in [0.25, 0.3) is 44.6 Å². The number of imidazole rings is 2. The zero-order chi connectivity index (χ0) is 54.2. The fraction of sp³-hybridized carbons (Fsp3) is 0.421. The zero-order valence-electron chi connectivity index (χ0n) is 44.7. The molecule has 0 amide bonds. The average Bonchev–Trinajstić information content (AvgIpc) is 4.22. The molecule has 2 saturated heterocycles. The van der Waals surface area contributed by atoms with Crippen molar-refractivity contribution in [2.24, 2.45) is 0 Å². The van der Waals surface area contributed by atoms with E-state index in [1.54, 1.807) is 36.7 Å². The summed E-state index contributed by atoms with van der Waals surface area (Å²) in [6.07, 6.45) is 8.67. The van der Waals surface area contributed by atoms with Crippen LogP contribution >= 0.6 is 0 Å². The standard InChI is InChI=1S/C57H62F4N16O/c1-7-72-17-21-74(22-18-72)51(33-9-11-43(62-29-33)66-54-64-31-39(60)47(70-54)35-25-37(58)49-41(27-35)76-45(68-49)13-15-56(76,3)4)53(78)52(75-23-19-73(8-2)20-24-75)34-10-12-44(63-30-34)67-55-65-32-40(61)48(71-55)36-26-38(59)50-42(28-36)77-46(69-50)14-16-57(77,5)6/h9-12,25-32,51-52H,7-8,13-24H2,1-6H3,(H,62,64,66,70)(H,63,65,67,71). The highest BCUT2D eigenvalue weighted by Crippen LogP contribution is 2.41. The van der Waals surface area contributed by atoms with Gasteiger partial charge in [0.15, 0.2) is 29.1 Å². The van der Waals surface area contributed by atoms with Crippen LogP contribution in [0.1, 0.15) is 89.2 Å². The van der Waals surface area contributed by atoms with E-state index in [0.717, 1.165) is 89.0 Å². The second kappa shape index (κ2) is 20.2. The van der Waals surface area contributed by atoms with Gasteiger partial charge in [0, 0.05) is 99.8 Å². The van der Waals surface area contributed by atoms with Crippen LogP contribution in [0.2, 0.25) is 0 Å². The number of pyridine rings is 2. The number of rotatable bonds is 14. The number of likely N-dealkylation sites (N-methyl/N-ethyl adjacent to an activating group) is 2. The number of hydrogen-bond acceptors (Lipinski definition) is 15. The predicted octanol–water partition coefficient (Wildman–Crippen LogP) is 9.12. The quantitative estimate of drug-likeness (QED) is 0.0990. The minimum absolute atomic E-state index is 0.0271. The second-order valence-corrected chi connectivity index (χ2v) is 22.1. The number of halogens is 4. The monoisotopic (exact) mass is 1060 g/mol. The number of fused-ring (bicyclic) bond motifs is 6. The number of carbonyl (C=O) groups is 1. The molecule has 10 heterocycles. The minimum atomic E-state index is -0.707. The van der Waals surface area contributed by atoms with Crippen molar-refractivity contribution in [1.82, 2.24) is 68.6 Å². The highest BCUT2D eigenvalue weighted by Gasteiger charge is 2.40. The number of nitrogens with one attached hydrogen (secondary N) is 2. The number of carbonyl (C=O) groups excluding carboxylic acids is 1. The van der Waals surface area contributed by atoms with Gasteiger partial charge in [-0.3, -0.25) is 14.6 Å². The lowest BCUT2D eigenvalue weighted by atomic mass is 9.91. The van der Waals surface area contributed by atoms with E-state index in [2.05, 4.69) is 102 Å². The summed E-state index contributed by atoms with van der Waals surface area (Å²) >= 11 is 0. The van der Waals surface area contributed by atoms with E-state index in [1.807, 2.05) is 21.3 Å². The molecule has 2 atom stereocenters. The first-order valence-corrected chi connectivity index (χ1v) is 27.0. The molecule has 2 aromatic carbocycles. The Bertz CT molecular complexity index is 3350. The summed E-state index contributed by atoms with van der Waals surface area (Å²) in [6, 6.07) is 11.9. The first-order chi connectivity index (χ1) is 37.5. The van der Waals surface area contributed by atoms with Gasteiger partial charge < -0.3 is 29.6 Å². The van der Waals surface area contributed by atoms with Crippen LogP contribution in [0.3, 0.4) is 0 Å². The molecule has 21 heteroatoms. The smallest absolute Gasteiger partial charge is 0.229 e. The molecule has 2 unspecified atom stereocenters. The molecule has 4 aliphatic rings. The molecule has 2 fully saturated rings. The van der Waals surface area contributed by atoms with Crippen molar-refractivity contribution in [2.75, 3.05) is 76.1 Å². The Labute approximate surface area is 449 Å². The maximum atomic E-state index is 15.7. The predicted molar refractivity (Wildman–Crippen MR) is 290 cm³/mol. The first kappa shape index (κ1) is 51.4. The van der Waals surface area contributed by atoms with Gasteiger partial charge >= 0.3 is 0 Å². The largest absolute Gasteiger partial charge is 0.322 e. The third-order valence-electron chi connectivity index (χ3n) is 16.4. The molecule has 0 saturated carbocycles. The Morgan fingerprint density at radius 3 is 1.32 bits per heavy atom. The second-order valence-electron chi connectivity index (χ2n) is 22.1. The molecule has 0 radical (unpaired) electrons. The van der Waals surface area contributed by atoms with E-state index in [1.165, 1.54) is 12.1 Å². The number of hydrogen-bond donors (Lipinski definition) is 2. The van der Waals surface area contributed by atoms with Crippen molar-refractivity contribution in [3.8, 4) is 22.5 Å². The SMILES string of the molecule is CCN1CCN(C(C(=O)C(c2ccc(Nc3ncc(F)c(-c4cc(F)c5nc6n(c5c4)C(C)(C)CC6)n3)nc2)N2CCN(CC)CC2)c2ccc(Nc3ncc(F)c(-c4cc(F)c5nc6n(c5c4)C(C)(C)CC6)n3)nc2)CC1. The summed E-state index contributed by atoms with van der Waals surface area (Å²) in [5, 5.41) is 6.21. The highest BCUT2D eigenvalue weighted by molar-refractivity contribution is 5.91. The third kappa shape index (κ3) is 9.42. The van der Waals surface area contributed by atoms with E-state index >= 15 is 22.4 Å². The van der Waals surface area contributed by atoms with Crippen LogP contribution in [0.15, 0.2) is 73.3 Å². The van der Waals surface area contributed by atoms with Crippen LogP contribution in [0.4, 0.5) is 41.1 Å². The van der Waals surface area contributed by atoms with Crippen molar-refractivity contribution >= 4 is 51.4 Å². The fourth-order valence-corrected chi connectivity index (χ4v) is 12.1. The van der Waals surface area contributed by atoms with Crippen molar-refractivity contribution in [3.05, 3.63) is 119 Å². The van der Waals surface area contributed by atoms with E-state index < -0.39 is 35.4 Å². The number of benzene rings is 2. The van der Waals surface area contributed by atoms with Crippen LogP contribution < -0.4 is 10.6 Å². The average molecular weight is 1060 g/mol. The maximum absolute atomic E-state index is 15.7. The normalized spacial score (nSPS) is 18.6. The van der Waals surface area contributed by atoms with Crippen LogP contribution in [-0.2, 0) is 28.7 Å². The van der Waals surface area contributed by atoms with Crippen molar-refractivity contribution in [3.63, 3.8) is 0 Å². The Hall–Kier alpha value is -7.33. The summed E-state index contributed by atoms with van der Waals surface area (Å²) in [7, 11) is 0. The molecule has 0 spiro atoms. The number of anilines is 4. The molecule has 6 aromatic heterocycles. The summed E-state index contributed by atoms with van der Waals surface area (Å²) < 4.78 is 66.4. The lowest BCUT2D eigenvalue weighted by Gasteiger charge is -2.43. The van der Waals surface area contributed by atoms with E-state index in [0.29, 0.717) is 60.0 Å². The topological polar surface area (TPSA) is 167 Å². The molecule has 12 rings (SSSR count). The number of piperazine rings is 2. The van der Waals surface area contributed by atoms with E-state index in [9.17, 15) is 0 Å². The zero-order valence-corrected chi connectivity index (χ0v) is 44.7. The molecule has 78 heavy (non-hydrogen) atoms. The van der Waals surface area contributed by atoms with Gasteiger partial charge in [-0.1, -0.05) is 26.0 Å². The van der Waals surface area contributed by atoms with E-state index in [4.69, 9.17) is 9.97 Å². The summed E-state index contributed by atoms with van der Waals surface area (Å²) in [5.41, 5.74) is 2.89. The first-order valence-electron chi connectivity index (χ1n) is 27.0. The number of aromatic nitrogens is 10.